The molecule has 0 bridgehead atoms. The number of aliphatic hydroxyl groups excluding tert-OH is 1. The Balaban J connectivity index is 0. The molecule has 0 radical (unpaired) electrons. The summed E-state index contributed by atoms with van der Waals surface area (Å²) in [7, 11) is -4.42. The molecule has 3 N–H and O–H groups in total. The van der Waals surface area contributed by atoms with E-state index in [9.17, 15) is 4.57 Å². The van der Waals surface area contributed by atoms with Gasteiger partial charge in [-0.25, -0.2) is 4.57 Å². The molecule has 0 aliphatic rings. The first-order valence-corrected chi connectivity index (χ1v) is 2.90. The second-order valence-electron chi connectivity index (χ2n) is 0.749. The summed E-state index contributed by atoms with van der Waals surface area (Å²) in [5, 5.41) is 7.69. The summed E-state index contributed by atoms with van der Waals surface area (Å²) in [5.74, 6) is 0. The van der Waals surface area contributed by atoms with Crippen LogP contribution < -0.4 is 0 Å². The second kappa shape index (κ2) is 4.39. The summed E-state index contributed by atoms with van der Waals surface area (Å²) in [6.45, 7) is -0.954. The normalized spacial score (nSPS) is 10.4. The van der Waals surface area contributed by atoms with Crippen LogP contribution >= 0.6 is 17.7 Å². The highest BCUT2D eigenvalue weighted by molar-refractivity contribution is 7.46. The molecule has 0 heterocycles. The van der Waals surface area contributed by atoms with Gasteiger partial charge in [0.25, 0.3) is 0 Å². The van der Waals surface area contributed by atoms with Gasteiger partial charge in [0.05, 0.1) is 0 Å². The fourth-order valence-electron chi connectivity index (χ4n) is 0.0752. The zero-order valence-corrected chi connectivity index (χ0v) is 6.33. The molecule has 5 nitrogen and oxygen atoms in total. The molecule has 0 aromatic heterocycles. The van der Waals surface area contributed by atoms with E-state index in [2.05, 4.69) is 4.52 Å². The van der Waals surface area contributed by atoms with Crippen molar-refractivity contribution in [2.75, 3.05) is 6.79 Å². The van der Waals surface area contributed by atoms with Crippen molar-refractivity contribution in [3.05, 3.63) is 0 Å². The SMILES string of the molecule is O=P(O)(O)OCO.P. The van der Waals surface area contributed by atoms with Crippen molar-refractivity contribution in [3.63, 3.8) is 0 Å². The Bertz CT molecular complexity index is 84.4. The van der Waals surface area contributed by atoms with Crippen LogP contribution in [-0.4, -0.2) is 21.7 Å². The molecule has 0 aliphatic carbocycles. The van der Waals surface area contributed by atoms with Gasteiger partial charge in [-0.2, -0.15) is 9.90 Å². The lowest BCUT2D eigenvalue weighted by Crippen LogP contribution is -1.87. The number of phosphoric acid groups is 1. The monoisotopic (exact) mass is 162 g/mol. The molecular weight excluding hydrogens is 154 g/mol. The molecule has 52 valence electrons. The highest BCUT2D eigenvalue weighted by atomic mass is 31.2. The zero-order chi connectivity index (χ0) is 5.91. The van der Waals surface area contributed by atoms with Crippen LogP contribution in [0.5, 0.6) is 0 Å². The maximum absolute atomic E-state index is 9.54. The minimum atomic E-state index is -4.42. The van der Waals surface area contributed by atoms with E-state index in [0.29, 0.717) is 0 Å². The highest BCUT2D eigenvalue weighted by Gasteiger charge is 2.10. The average Bonchev–Trinajstić information content (AvgIpc) is 1.30. The van der Waals surface area contributed by atoms with E-state index < -0.39 is 14.6 Å². The number of hydrogen-bond acceptors (Lipinski definition) is 3. The Kier molecular flexibility index (Phi) is 6.20. The van der Waals surface area contributed by atoms with Crippen molar-refractivity contribution in [1.82, 2.24) is 0 Å². The topological polar surface area (TPSA) is 87.0 Å². The lowest BCUT2D eigenvalue weighted by Gasteiger charge is -1.97. The molecule has 8 heavy (non-hydrogen) atoms. The van der Waals surface area contributed by atoms with Crippen LogP contribution in [0.25, 0.3) is 0 Å². The first-order chi connectivity index (χ1) is 3.06. The van der Waals surface area contributed by atoms with Crippen molar-refractivity contribution in [1.29, 1.82) is 0 Å². The lowest BCUT2D eigenvalue weighted by atomic mass is 11.6. The van der Waals surface area contributed by atoms with Crippen molar-refractivity contribution >= 4 is 17.7 Å². The second-order valence-corrected chi connectivity index (χ2v) is 1.99. The molecule has 0 rings (SSSR count). The Morgan fingerprint density at radius 2 is 1.88 bits per heavy atom. The van der Waals surface area contributed by atoms with Crippen LogP contribution in [0, 0.1) is 0 Å². The third-order valence-electron chi connectivity index (χ3n) is 0.226. The average molecular weight is 162 g/mol. The Morgan fingerprint density at radius 1 is 1.50 bits per heavy atom. The standard InChI is InChI=1S/CH5O5P.H3P/c2-1-6-7(3,4)5;/h2H,1H2,(H2,3,4,5);1H3. The summed E-state index contributed by atoms with van der Waals surface area (Å²) < 4.78 is 13.0. The highest BCUT2D eigenvalue weighted by Crippen LogP contribution is 2.34. The molecule has 0 spiro atoms. The number of rotatable bonds is 2. The van der Waals surface area contributed by atoms with Crippen molar-refractivity contribution in [2.24, 2.45) is 0 Å². The third-order valence-corrected chi connectivity index (χ3v) is 0.678. The summed E-state index contributed by atoms with van der Waals surface area (Å²) >= 11 is 0. The molecule has 0 aliphatic heterocycles. The van der Waals surface area contributed by atoms with Crippen molar-refractivity contribution in [3.8, 4) is 0 Å². The molecule has 0 amide bonds. The van der Waals surface area contributed by atoms with E-state index in [4.69, 9.17) is 14.9 Å². The van der Waals surface area contributed by atoms with Crippen LogP contribution in [-0.2, 0) is 9.09 Å². The number of hydrogen-bond donors (Lipinski definition) is 3. The van der Waals surface area contributed by atoms with Crippen LogP contribution in [0.3, 0.4) is 0 Å². The van der Waals surface area contributed by atoms with E-state index >= 15 is 0 Å². The fraction of sp³-hybridized carbons (Fsp3) is 1.00. The van der Waals surface area contributed by atoms with Gasteiger partial charge in [-0.3, -0.25) is 4.52 Å². The molecule has 0 saturated carbocycles. The summed E-state index contributed by atoms with van der Waals surface area (Å²) in [4.78, 5) is 15.5. The zero-order valence-electron chi connectivity index (χ0n) is 4.02. The molecule has 1 atom stereocenters. The van der Waals surface area contributed by atoms with Crippen molar-refractivity contribution < 1.29 is 24.0 Å². The van der Waals surface area contributed by atoms with Gasteiger partial charge < -0.3 is 14.9 Å². The smallest absolute Gasteiger partial charge is 0.370 e. The van der Waals surface area contributed by atoms with Gasteiger partial charge in [0.15, 0.2) is 6.79 Å². The van der Waals surface area contributed by atoms with Gasteiger partial charge in [0.2, 0.25) is 0 Å². The van der Waals surface area contributed by atoms with Crippen LogP contribution in [0.1, 0.15) is 0 Å². The van der Waals surface area contributed by atoms with Gasteiger partial charge in [0, 0.05) is 0 Å². The van der Waals surface area contributed by atoms with Gasteiger partial charge in [-0.1, -0.05) is 0 Å². The number of phosphoric ester groups is 1. The fourth-order valence-corrected chi connectivity index (χ4v) is 0.226. The first kappa shape index (κ1) is 11.3. The van der Waals surface area contributed by atoms with E-state index in [1.807, 2.05) is 0 Å². The predicted molar refractivity (Wildman–Crippen MR) is 31.3 cm³/mol. The third kappa shape index (κ3) is 9.71. The minimum absolute atomic E-state index is 0. The van der Waals surface area contributed by atoms with Crippen LogP contribution in [0.2, 0.25) is 0 Å². The summed E-state index contributed by atoms with van der Waals surface area (Å²) in [6.07, 6.45) is 0. The van der Waals surface area contributed by atoms with E-state index in [0.717, 1.165) is 0 Å². The number of aliphatic hydroxyl groups is 1. The minimum Gasteiger partial charge on any atom is -0.370 e. The molecule has 0 saturated heterocycles. The van der Waals surface area contributed by atoms with Gasteiger partial charge >= 0.3 is 7.82 Å². The van der Waals surface area contributed by atoms with Gasteiger partial charge in [0.1, 0.15) is 0 Å². The molecule has 7 heteroatoms. The molecule has 1 unspecified atom stereocenters. The summed E-state index contributed by atoms with van der Waals surface area (Å²) in [5.41, 5.74) is 0. The van der Waals surface area contributed by atoms with E-state index in [-0.39, 0.29) is 9.90 Å². The Labute approximate surface area is 49.5 Å². The molecular formula is CH8O5P2. The van der Waals surface area contributed by atoms with Crippen LogP contribution in [0.4, 0.5) is 0 Å². The Morgan fingerprint density at radius 3 is 1.88 bits per heavy atom. The van der Waals surface area contributed by atoms with E-state index in [1.54, 1.807) is 0 Å². The largest absolute Gasteiger partial charge is 0.471 e. The van der Waals surface area contributed by atoms with Crippen LogP contribution in [0.15, 0.2) is 0 Å². The molecule has 0 fully saturated rings. The van der Waals surface area contributed by atoms with Gasteiger partial charge in [-0.05, 0) is 0 Å². The van der Waals surface area contributed by atoms with Gasteiger partial charge in [-0.15, -0.1) is 0 Å². The maximum atomic E-state index is 9.54. The van der Waals surface area contributed by atoms with Crippen molar-refractivity contribution in [2.45, 2.75) is 0 Å². The predicted octanol–water partition coefficient (Wildman–Crippen LogP) is -0.896. The molecule has 0 aromatic carbocycles. The first-order valence-electron chi connectivity index (χ1n) is 1.37. The quantitative estimate of drug-likeness (QED) is 0.362. The Hall–Kier alpha value is 0.500. The lowest BCUT2D eigenvalue weighted by molar-refractivity contribution is 0.0659. The maximum Gasteiger partial charge on any atom is 0.471 e. The van der Waals surface area contributed by atoms with E-state index in [1.165, 1.54) is 0 Å². The summed E-state index contributed by atoms with van der Waals surface area (Å²) in [6, 6.07) is 0. The molecule has 0 aromatic rings.